The maximum absolute atomic E-state index is 13.8. The van der Waals surface area contributed by atoms with E-state index in [0.29, 0.717) is 24.5 Å². The summed E-state index contributed by atoms with van der Waals surface area (Å²) in [5.74, 6) is 0.159. The molecule has 1 fully saturated rings. The summed E-state index contributed by atoms with van der Waals surface area (Å²) in [5.41, 5.74) is 0. The van der Waals surface area contributed by atoms with Gasteiger partial charge in [0.2, 0.25) is 0 Å². The summed E-state index contributed by atoms with van der Waals surface area (Å²) in [6.07, 6.45) is 1.05. The van der Waals surface area contributed by atoms with Gasteiger partial charge in [0, 0.05) is 39.3 Å². The molecule has 1 atom stereocenters. The van der Waals surface area contributed by atoms with Gasteiger partial charge in [-0.05, 0) is 24.5 Å². The minimum Gasteiger partial charge on any atom is -0.379 e. The van der Waals surface area contributed by atoms with Gasteiger partial charge in [-0.25, -0.2) is 12.8 Å². The standard InChI is InChI=1S/C20H33FN4O3S/c1-16(2)14-17(25-9-11-28-12-10-25)15-24-20(22-3)23-8-13-29(26,27)19-7-5-4-6-18(19)21/h4-7,16-17H,8-15H2,1-3H3,(H2,22,23,24). The maximum Gasteiger partial charge on any atom is 0.191 e. The quantitative estimate of drug-likeness (QED) is 0.458. The zero-order valence-electron chi connectivity index (χ0n) is 17.5. The van der Waals surface area contributed by atoms with Gasteiger partial charge < -0.3 is 15.4 Å². The number of sulfone groups is 1. The number of halogens is 1. The fourth-order valence-corrected chi connectivity index (χ4v) is 4.64. The van der Waals surface area contributed by atoms with Gasteiger partial charge in [-0.2, -0.15) is 0 Å². The van der Waals surface area contributed by atoms with Gasteiger partial charge in [-0.1, -0.05) is 26.0 Å². The van der Waals surface area contributed by atoms with Crippen LogP contribution in [-0.2, 0) is 14.6 Å². The van der Waals surface area contributed by atoms with Crippen molar-refractivity contribution in [1.82, 2.24) is 15.5 Å². The molecule has 9 heteroatoms. The summed E-state index contributed by atoms with van der Waals surface area (Å²) in [6.45, 7) is 8.56. The van der Waals surface area contributed by atoms with Gasteiger partial charge in [-0.3, -0.25) is 9.89 Å². The Labute approximate surface area is 173 Å². The number of nitrogens with zero attached hydrogens (tertiary/aromatic N) is 2. The molecule has 0 amide bonds. The van der Waals surface area contributed by atoms with E-state index in [0.717, 1.165) is 38.8 Å². The van der Waals surface area contributed by atoms with Crippen molar-refractivity contribution >= 4 is 15.8 Å². The van der Waals surface area contributed by atoms with Crippen LogP contribution in [0.2, 0.25) is 0 Å². The average Bonchev–Trinajstić information content (AvgIpc) is 2.70. The van der Waals surface area contributed by atoms with Crippen LogP contribution >= 0.6 is 0 Å². The molecule has 29 heavy (non-hydrogen) atoms. The number of hydrogen-bond donors (Lipinski definition) is 2. The molecule has 1 saturated heterocycles. The van der Waals surface area contributed by atoms with Crippen molar-refractivity contribution in [2.75, 3.05) is 52.2 Å². The van der Waals surface area contributed by atoms with E-state index < -0.39 is 15.7 Å². The topological polar surface area (TPSA) is 83.0 Å². The van der Waals surface area contributed by atoms with E-state index in [9.17, 15) is 12.8 Å². The lowest BCUT2D eigenvalue weighted by Crippen LogP contribution is -2.51. The molecule has 1 aromatic rings. The Morgan fingerprint density at radius 3 is 2.55 bits per heavy atom. The third-order valence-corrected chi connectivity index (χ3v) is 6.61. The number of hydrogen-bond acceptors (Lipinski definition) is 5. The molecule has 0 aromatic heterocycles. The highest BCUT2D eigenvalue weighted by atomic mass is 32.2. The summed E-state index contributed by atoms with van der Waals surface area (Å²) in [6, 6.07) is 5.78. The van der Waals surface area contributed by atoms with E-state index in [1.807, 2.05) is 0 Å². The van der Waals surface area contributed by atoms with Crippen LogP contribution in [0.3, 0.4) is 0 Å². The first-order valence-corrected chi connectivity index (χ1v) is 11.7. The van der Waals surface area contributed by atoms with E-state index in [2.05, 4.69) is 34.4 Å². The molecule has 0 saturated carbocycles. The highest BCUT2D eigenvalue weighted by Gasteiger charge is 2.22. The van der Waals surface area contributed by atoms with Crippen LogP contribution in [0.1, 0.15) is 20.3 Å². The minimum absolute atomic E-state index is 0.142. The molecule has 0 spiro atoms. The third-order valence-electron chi connectivity index (χ3n) is 4.87. The van der Waals surface area contributed by atoms with Crippen LogP contribution in [0, 0.1) is 11.7 Å². The molecule has 1 aliphatic rings. The van der Waals surface area contributed by atoms with Gasteiger partial charge in [0.1, 0.15) is 10.7 Å². The second kappa shape index (κ2) is 11.5. The Morgan fingerprint density at radius 1 is 1.24 bits per heavy atom. The molecule has 164 valence electrons. The van der Waals surface area contributed by atoms with Crippen molar-refractivity contribution < 1.29 is 17.5 Å². The first-order valence-electron chi connectivity index (χ1n) is 10.1. The van der Waals surface area contributed by atoms with E-state index in [-0.39, 0.29) is 17.2 Å². The van der Waals surface area contributed by atoms with Gasteiger partial charge in [-0.15, -0.1) is 0 Å². The van der Waals surface area contributed by atoms with Gasteiger partial charge >= 0.3 is 0 Å². The Hall–Kier alpha value is -1.71. The Balaban J connectivity index is 1.86. The SMILES string of the molecule is CN=C(NCCS(=O)(=O)c1ccccc1F)NCC(CC(C)C)N1CCOCC1. The first-order chi connectivity index (χ1) is 13.8. The largest absolute Gasteiger partial charge is 0.379 e. The average molecular weight is 429 g/mol. The number of ether oxygens (including phenoxy) is 1. The first kappa shape index (κ1) is 23.6. The molecule has 1 unspecified atom stereocenters. The number of rotatable bonds is 9. The molecule has 2 N–H and O–H groups in total. The van der Waals surface area contributed by atoms with E-state index >= 15 is 0 Å². The lowest BCUT2D eigenvalue weighted by atomic mass is 10.0. The molecule has 1 aromatic carbocycles. The number of guanidine groups is 1. The zero-order valence-corrected chi connectivity index (χ0v) is 18.3. The molecular weight excluding hydrogens is 395 g/mol. The van der Waals surface area contributed by atoms with Crippen molar-refractivity contribution in [2.24, 2.45) is 10.9 Å². The lowest BCUT2D eigenvalue weighted by Gasteiger charge is -2.35. The van der Waals surface area contributed by atoms with E-state index in [1.54, 1.807) is 7.05 Å². The smallest absolute Gasteiger partial charge is 0.191 e. The summed E-state index contributed by atoms with van der Waals surface area (Å²) in [7, 11) is -2.06. The van der Waals surface area contributed by atoms with Crippen LogP contribution in [0.4, 0.5) is 4.39 Å². The normalized spacial score (nSPS) is 17.3. The summed E-state index contributed by atoms with van der Waals surface area (Å²) < 4.78 is 43.9. The van der Waals surface area contributed by atoms with E-state index in [4.69, 9.17) is 4.74 Å². The molecule has 2 rings (SSSR count). The highest BCUT2D eigenvalue weighted by Crippen LogP contribution is 2.15. The van der Waals surface area contributed by atoms with Crippen LogP contribution in [0.25, 0.3) is 0 Å². The van der Waals surface area contributed by atoms with Gasteiger partial charge in [0.15, 0.2) is 15.8 Å². The monoisotopic (exact) mass is 428 g/mol. The molecular formula is C20H33FN4O3S. The fourth-order valence-electron chi connectivity index (χ4n) is 3.39. The third kappa shape index (κ3) is 7.56. The van der Waals surface area contributed by atoms with Crippen LogP contribution < -0.4 is 10.6 Å². The van der Waals surface area contributed by atoms with Crippen molar-refractivity contribution in [2.45, 2.75) is 31.2 Å². The molecule has 0 bridgehead atoms. The molecule has 0 radical (unpaired) electrons. The molecule has 0 aliphatic carbocycles. The minimum atomic E-state index is -3.70. The van der Waals surface area contributed by atoms with Crippen molar-refractivity contribution in [3.05, 3.63) is 30.1 Å². The van der Waals surface area contributed by atoms with Crippen LogP contribution in [0.5, 0.6) is 0 Å². The second-order valence-electron chi connectivity index (χ2n) is 7.56. The van der Waals surface area contributed by atoms with Crippen LogP contribution in [0.15, 0.2) is 34.2 Å². The van der Waals surface area contributed by atoms with Crippen molar-refractivity contribution in [3.8, 4) is 0 Å². The number of morpholine rings is 1. The maximum atomic E-state index is 13.8. The predicted molar refractivity (Wildman–Crippen MR) is 113 cm³/mol. The Kier molecular flexibility index (Phi) is 9.32. The van der Waals surface area contributed by atoms with Gasteiger partial charge in [0.05, 0.1) is 19.0 Å². The zero-order chi connectivity index (χ0) is 21.3. The van der Waals surface area contributed by atoms with Crippen molar-refractivity contribution in [1.29, 1.82) is 0 Å². The number of aliphatic imine (C=N–C) groups is 1. The lowest BCUT2D eigenvalue weighted by molar-refractivity contribution is 0.0132. The van der Waals surface area contributed by atoms with E-state index in [1.165, 1.54) is 18.2 Å². The molecule has 1 aliphatic heterocycles. The Morgan fingerprint density at radius 2 is 1.93 bits per heavy atom. The van der Waals surface area contributed by atoms with Gasteiger partial charge in [0.25, 0.3) is 0 Å². The molecule has 1 heterocycles. The summed E-state index contributed by atoms with van der Waals surface area (Å²) in [5, 5.41) is 6.32. The summed E-state index contributed by atoms with van der Waals surface area (Å²) >= 11 is 0. The number of nitrogens with one attached hydrogen (secondary N) is 2. The summed E-state index contributed by atoms with van der Waals surface area (Å²) in [4.78, 5) is 6.33. The Bertz CT molecular complexity index is 765. The molecule has 7 nitrogen and oxygen atoms in total. The van der Waals surface area contributed by atoms with Crippen molar-refractivity contribution in [3.63, 3.8) is 0 Å². The number of benzene rings is 1. The van der Waals surface area contributed by atoms with Crippen LogP contribution in [-0.4, -0.2) is 77.5 Å². The predicted octanol–water partition coefficient (Wildman–Crippen LogP) is 1.51. The fraction of sp³-hybridized carbons (Fsp3) is 0.650. The highest BCUT2D eigenvalue weighted by molar-refractivity contribution is 7.91. The second-order valence-corrected chi connectivity index (χ2v) is 9.64.